The van der Waals surface area contributed by atoms with Crippen molar-refractivity contribution in [2.75, 3.05) is 6.54 Å². The number of nitrogens with one attached hydrogen (secondary N) is 2. The van der Waals surface area contributed by atoms with E-state index in [1.807, 2.05) is 0 Å². The Morgan fingerprint density at radius 3 is 2.81 bits per heavy atom. The Hall–Kier alpha value is -2.41. The molecule has 0 spiro atoms. The number of furan rings is 1. The first kappa shape index (κ1) is 15.0. The van der Waals surface area contributed by atoms with Gasteiger partial charge in [0.15, 0.2) is 0 Å². The molecule has 1 heterocycles. The van der Waals surface area contributed by atoms with Crippen LogP contribution in [0.3, 0.4) is 0 Å². The number of hydrazone groups is 1. The predicted octanol–water partition coefficient (Wildman–Crippen LogP) is 1.92. The van der Waals surface area contributed by atoms with Crippen molar-refractivity contribution in [2.45, 2.75) is 0 Å². The molecule has 108 valence electrons. The summed E-state index contributed by atoms with van der Waals surface area (Å²) in [5.74, 6) is -0.758. The number of nitrogens with zero attached hydrogens (tertiary/aromatic N) is 1. The lowest BCUT2D eigenvalue weighted by Gasteiger charge is -2.05. The molecule has 0 saturated heterocycles. The Bertz CT molecular complexity index is 653. The molecule has 6 nitrogen and oxygen atoms in total. The molecule has 0 aliphatic carbocycles. The zero-order chi connectivity index (χ0) is 15.1. The summed E-state index contributed by atoms with van der Waals surface area (Å²) in [5.41, 5.74) is 3.50. The Labute approximate surface area is 129 Å². The fourth-order valence-corrected chi connectivity index (χ4v) is 1.93. The number of hydrogen-bond donors (Lipinski definition) is 2. The number of hydrogen-bond acceptors (Lipinski definition) is 4. The molecule has 2 aromatic rings. The molecular weight excluding hydrogens is 338 g/mol. The van der Waals surface area contributed by atoms with Crippen molar-refractivity contribution in [1.82, 2.24) is 10.7 Å². The highest BCUT2D eigenvalue weighted by Gasteiger charge is 2.10. The molecule has 0 unspecified atom stereocenters. The first-order valence-electron chi connectivity index (χ1n) is 6.03. The second-order valence-corrected chi connectivity index (χ2v) is 4.87. The van der Waals surface area contributed by atoms with Gasteiger partial charge in [-0.3, -0.25) is 9.59 Å². The minimum atomic E-state index is -0.421. The largest absolute Gasteiger partial charge is 0.472 e. The predicted molar refractivity (Wildman–Crippen MR) is 80.9 cm³/mol. The molecule has 0 aliphatic rings. The van der Waals surface area contributed by atoms with Crippen molar-refractivity contribution in [1.29, 1.82) is 0 Å². The second-order valence-electron chi connectivity index (χ2n) is 4.01. The van der Waals surface area contributed by atoms with Crippen LogP contribution >= 0.6 is 15.9 Å². The van der Waals surface area contributed by atoms with Crippen LogP contribution < -0.4 is 10.7 Å². The van der Waals surface area contributed by atoms with Gasteiger partial charge >= 0.3 is 0 Å². The third-order valence-corrected chi connectivity index (χ3v) is 3.17. The maximum atomic E-state index is 11.9. The summed E-state index contributed by atoms with van der Waals surface area (Å²) in [5, 5.41) is 6.25. The van der Waals surface area contributed by atoms with Crippen molar-refractivity contribution in [3.63, 3.8) is 0 Å². The van der Waals surface area contributed by atoms with Gasteiger partial charge in [-0.05, 0) is 34.1 Å². The van der Waals surface area contributed by atoms with E-state index in [9.17, 15) is 9.59 Å². The van der Waals surface area contributed by atoms with E-state index in [0.717, 1.165) is 5.56 Å². The van der Waals surface area contributed by atoms with E-state index in [0.29, 0.717) is 10.0 Å². The summed E-state index contributed by atoms with van der Waals surface area (Å²) in [6.45, 7) is -0.164. The molecule has 0 aliphatic heterocycles. The smallest absolute Gasteiger partial charge is 0.259 e. The number of amides is 2. The van der Waals surface area contributed by atoms with E-state index in [1.165, 1.54) is 18.7 Å². The Kier molecular flexibility index (Phi) is 5.28. The van der Waals surface area contributed by atoms with Gasteiger partial charge in [0.05, 0.1) is 30.8 Å². The van der Waals surface area contributed by atoms with Gasteiger partial charge < -0.3 is 9.73 Å². The molecule has 1 aromatic carbocycles. The SMILES string of the molecule is O=C(CNC(=O)c1ccccc1Br)N/N=C\c1ccoc1. The van der Waals surface area contributed by atoms with Crippen LogP contribution in [0.5, 0.6) is 0 Å². The number of carbonyl (C=O) groups is 2. The zero-order valence-electron chi connectivity index (χ0n) is 10.9. The summed E-state index contributed by atoms with van der Waals surface area (Å²) in [7, 11) is 0. The van der Waals surface area contributed by atoms with Gasteiger partial charge in [0.1, 0.15) is 0 Å². The molecule has 7 heteroatoms. The Morgan fingerprint density at radius 1 is 1.29 bits per heavy atom. The van der Waals surface area contributed by atoms with Crippen molar-refractivity contribution < 1.29 is 14.0 Å². The van der Waals surface area contributed by atoms with Crippen molar-refractivity contribution in [3.05, 3.63) is 58.5 Å². The molecule has 0 atom stereocenters. The van der Waals surface area contributed by atoms with Crippen LogP contribution in [-0.2, 0) is 4.79 Å². The first-order valence-corrected chi connectivity index (χ1v) is 6.83. The highest BCUT2D eigenvalue weighted by atomic mass is 79.9. The summed E-state index contributed by atoms with van der Waals surface area (Å²) < 4.78 is 5.51. The van der Waals surface area contributed by atoms with Crippen molar-refractivity contribution >= 4 is 34.0 Å². The molecular formula is C14H12BrN3O3. The van der Waals surface area contributed by atoms with Gasteiger partial charge in [0, 0.05) is 10.0 Å². The van der Waals surface area contributed by atoms with Gasteiger partial charge in [0.25, 0.3) is 11.8 Å². The van der Waals surface area contributed by atoms with Crippen molar-refractivity contribution in [3.8, 4) is 0 Å². The second kappa shape index (κ2) is 7.39. The van der Waals surface area contributed by atoms with Gasteiger partial charge in [-0.2, -0.15) is 5.10 Å². The first-order chi connectivity index (χ1) is 10.2. The van der Waals surface area contributed by atoms with Gasteiger partial charge in [-0.25, -0.2) is 5.43 Å². The lowest BCUT2D eigenvalue weighted by Crippen LogP contribution is -2.35. The minimum Gasteiger partial charge on any atom is -0.472 e. The Balaban J connectivity index is 1.79. The molecule has 0 fully saturated rings. The highest BCUT2D eigenvalue weighted by Crippen LogP contribution is 2.15. The van der Waals surface area contributed by atoms with Crippen LogP contribution in [0.15, 0.2) is 56.8 Å². The molecule has 0 bridgehead atoms. The fourth-order valence-electron chi connectivity index (χ4n) is 1.47. The average molecular weight is 350 g/mol. The van der Waals surface area contributed by atoms with E-state index in [-0.39, 0.29) is 12.5 Å². The number of halogens is 1. The summed E-state index contributed by atoms with van der Waals surface area (Å²) in [6, 6.07) is 8.66. The topological polar surface area (TPSA) is 83.7 Å². The summed E-state index contributed by atoms with van der Waals surface area (Å²) in [6.07, 6.45) is 4.43. The fraction of sp³-hybridized carbons (Fsp3) is 0.0714. The standard InChI is InChI=1S/C14H12BrN3O3/c15-12-4-2-1-3-11(12)14(20)16-8-13(19)18-17-7-10-5-6-21-9-10/h1-7,9H,8H2,(H,16,20)(H,18,19)/b17-7-. The highest BCUT2D eigenvalue weighted by molar-refractivity contribution is 9.10. The number of carbonyl (C=O) groups excluding carboxylic acids is 2. The summed E-state index contributed by atoms with van der Waals surface area (Å²) in [4.78, 5) is 23.4. The van der Waals surface area contributed by atoms with E-state index >= 15 is 0 Å². The monoisotopic (exact) mass is 349 g/mol. The third-order valence-electron chi connectivity index (χ3n) is 2.47. The molecule has 21 heavy (non-hydrogen) atoms. The van der Waals surface area contributed by atoms with Gasteiger partial charge in [-0.15, -0.1) is 0 Å². The molecule has 2 rings (SSSR count). The molecule has 0 saturated carbocycles. The van der Waals surface area contributed by atoms with Gasteiger partial charge in [0.2, 0.25) is 0 Å². The molecule has 2 amide bonds. The van der Waals surface area contributed by atoms with E-state index < -0.39 is 5.91 Å². The van der Waals surface area contributed by atoms with Crippen LogP contribution in [0.4, 0.5) is 0 Å². The van der Waals surface area contributed by atoms with Crippen LogP contribution in [0.1, 0.15) is 15.9 Å². The van der Waals surface area contributed by atoms with E-state index in [2.05, 4.69) is 31.8 Å². The number of benzene rings is 1. The maximum Gasteiger partial charge on any atom is 0.259 e. The van der Waals surface area contributed by atoms with Gasteiger partial charge in [-0.1, -0.05) is 12.1 Å². The van der Waals surface area contributed by atoms with Crippen LogP contribution in [0.25, 0.3) is 0 Å². The normalized spacial score (nSPS) is 10.5. The van der Waals surface area contributed by atoms with E-state index in [4.69, 9.17) is 4.42 Å². The lowest BCUT2D eigenvalue weighted by molar-refractivity contribution is -0.120. The average Bonchev–Trinajstić information content (AvgIpc) is 2.98. The molecule has 2 N–H and O–H groups in total. The Morgan fingerprint density at radius 2 is 2.10 bits per heavy atom. The minimum absolute atomic E-state index is 0.164. The van der Waals surface area contributed by atoms with Crippen molar-refractivity contribution in [2.24, 2.45) is 5.10 Å². The van der Waals surface area contributed by atoms with E-state index in [1.54, 1.807) is 30.3 Å². The van der Waals surface area contributed by atoms with Crippen LogP contribution in [0.2, 0.25) is 0 Å². The summed E-state index contributed by atoms with van der Waals surface area (Å²) >= 11 is 3.27. The quantitative estimate of drug-likeness (QED) is 0.638. The lowest BCUT2D eigenvalue weighted by atomic mass is 10.2. The zero-order valence-corrected chi connectivity index (χ0v) is 12.5. The molecule has 0 radical (unpaired) electrons. The third kappa shape index (κ3) is 4.57. The molecule has 1 aromatic heterocycles. The maximum absolute atomic E-state index is 11.9. The van der Waals surface area contributed by atoms with Crippen LogP contribution in [-0.4, -0.2) is 24.6 Å². The van der Waals surface area contributed by atoms with Crippen LogP contribution in [0, 0.1) is 0 Å². The number of rotatable bonds is 5.